The molecule has 5 heteroatoms. The van der Waals surface area contributed by atoms with Gasteiger partial charge < -0.3 is 8.83 Å². The van der Waals surface area contributed by atoms with Crippen LogP contribution in [0.15, 0.2) is 197 Å². The lowest BCUT2D eigenvalue weighted by Crippen LogP contribution is -1.97. The van der Waals surface area contributed by atoms with Crippen molar-refractivity contribution in [1.82, 2.24) is 15.0 Å². The van der Waals surface area contributed by atoms with Crippen molar-refractivity contribution >= 4 is 43.9 Å². The number of benzene rings is 7. The van der Waals surface area contributed by atoms with Crippen LogP contribution < -0.4 is 0 Å². The molecule has 56 heavy (non-hydrogen) atoms. The molecule has 0 amide bonds. The summed E-state index contributed by atoms with van der Waals surface area (Å²) in [7, 11) is 0. The van der Waals surface area contributed by atoms with Crippen molar-refractivity contribution in [3.63, 3.8) is 0 Å². The van der Waals surface area contributed by atoms with Crippen LogP contribution in [0, 0.1) is 0 Å². The summed E-state index contributed by atoms with van der Waals surface area (Å²) in [6.45, 7) is 0. The summed E-state index contributed by atoms with van der Waals surface area (Å²) in [5.41, 5.74) is 14.1. The largest absolute Gasteiger partial charge is 0.455 e. The van der Waals surface area contributed by atoms with Crippen LogP contribution in [-0.4, -0.2) is 15.0 Å². The van der Waals surface area contributed by atoms with E-state index in [1.54, 1.807) is 0 Å². The second kappa shape index (κ2) is 13.0. The summed E-state index contributed by atoms with van der Waals surface area (Å²) in [4.78, 5) is 14.8. The van der Waals surface area contributed by atoms with Gasteiger partial charge in [-0.25, -0.2) is 9.97 Å². The maximum absolute atomic E-state index is 6.60. The number of pyridine rings is 1. The molecule has 0 saturated carbocycles. The number of fused-ring (bicyclic) bond motifs is 6. The molecular formula is C51H31N3O2. The Morgan fingerprint density at radius 1 is 0.321 bits per heavy atom. The van der Waals surface area contributed by atoms with Crippen LogP contribution in [0.3, 0.4) is 0 Å². The number of aromatic nitrogens is 3. The Balaban J connectivity index is 1.19. The van der Waals surface area contributed by atoms with Crippen molar-refractivity contribution < 1.29 is 8.83 Å². The minimum atomic E-state index is 0.647. The second-order valence-electron chi connectivity index (χ2n) is 14.0. The molecule has 0 atom stereocenters. The van der Waals surface area contributed by atoms with E-state index in [0.29, 0.717) is 5.82 Å². The Hall–Kier alpha value is -7.63. The molecule has 262 valence electrons. The molecule has 11 rings (SSSR count). The van der Waals surface area contributed by atoms with E-state index < -0.39 is 0 Å². The highest BCUT2D eigenvalue weighted by Crippen LogP contribution is 2.42. The SMILES string of the molecule is c1ccc(-c2nc(-c3cc(-c4cccc5c4oc4ccccc45)cc(-c4cccc5c4oc4ccccc45)c3)cc(-c3ccccc3-c3ccncc3)n2)cc1. The van der Waals surface area contributed by atoms with Crippen LogP contribution in [0.25, 0.3) is 111 Å². The Bertz CT molecular complexity index is 3120. The van der Waals surface area contributed by atoms with E-state index >= 15 is 0 Å². The fourth-order valence-corrected chi connectivity index (χ4v) is 7.97. The van der Waals surface area contributed by atoms with Gasteiger partial charge in [-0.1, -0.05) is 127 Å². The molecule has 0 fully saturated rings. The maximum Gasteiger partial charge on any atom is 0.160 e. The first-order valence-corrected chi connectivity index (χ1v) is 18.7. The molecule has 0 saturated heterocycles. The standard InChI is InChI=1S/C51H31N3O2/c1-2-12-33(13-3-1)51-53-45(31-46(54-51)40-15-5-4-14-37(40)32-24-26-52-27-25-32)36-29-34(38-18-10-20-43-41-16-6-8-22-47(41)55-49(38)43)28-35(30-36)39-19-11-21-44-42-17-7-9-23-48(42)56-50(39)44/h1-31H. The molecule has 0 radical (unpaired) electrons. The van der Waals surface area contributed by atoms with E-state index in [4.69, 9.17) is 18.8 Å². The molecule has 0 aliphatic heterocycles. The number of hydrogen-bond acceptors (Lipinski definition) is 5. The quantitative estimate of drug-likeness (QED) is 0.171. The van der Waals surface area contributed by atoms with Gasteiger partial charge in [0.2, 0.25) is 0 Å². The van der Waals surface area contributed by atoms with E-state index in [0.717, 1.165) is 105 Å². The smallest absolute Gasteiger partial charge is 0.160 e. The van der Waals surface area contributed by atoms with Crippen molar-refractivity contribution in [3.8, 4) is 67.3 Å². The highest BCUT2D eigenvalue weighted by Gasteiger charge is 2.19. The number of hydrogen-bond donors (Lipinski definition) is 0. The number of para-hydroxylation sites is 4. The predicted molar refractivity (Wildman–Crippen MR) is 227 cm³/mol. The first kappa shape index (κ1) is 31.9. The molecule has 5 nitrogen and oxygen atoms in total. The van der Waals surface area contributed by atoms with Gasteiger partial charge in [0, 0.05) is 61.8 Å². The van der Waals surface area contributed by atoms with Crippen LogP contribution in [-0.2, 0) is 0 Å². The normalized spacial score (nSPS) is 11.6. The highest BCUT2D eigenvalue weighted by molar-refractivity contribution is 6.11. The van der Waals surface area contributed by atoms with E-state index in [2.05, 4.69) is 126 Å². The Morgan fingerprint density at radius 3 is 1.46 bits per heavy atom. The zero-order valence-electron chi connectivity index (χ0n) is 30.1. The zero-order valence-corrected chi connectivity index (χ0v) is 30.1. The molecule has 0 unspecified atom stereocenters. The van der Waals surface area contributed by atoms with E-state index in [-0.39, 0.29) is 0 Å². The van der Waals surface area contributed by atoms with Gasteiger partial charge in [0.25, 0.3) is 0 Å². The second-order valence-corrected chi connectivity index (χ2v) is 14.0. The van der Waals surface area contributed by atoms with Gasteiger partial charge in [-0.2, -0.15) is 0 Å². The van der Waals surface area contributed by atoms with E-state index in [9.17, 15) is 0 Å². The molecule has 0 aliphatic rings. The predicted octanol–water partition coefficient (Wildman–Crippen LogP) is 13.7. The average Bonchev–Trinajstić information content (AvgIpc) is 3.85. The van der Waals surface area contributed by atoms with Gasteiger partial charge in [-0.15, -0.1) is 0 Å². The molecule has 7 aromatic carbocycles. The van der Waals surface area contributed by atoms with Crippen LogP contribution in [0.2, 0.25) is 0 Å². The third kappa shape index (κ3) is 5.37. The average molecular weight is 718 g/mol. The number of furan rings is 2. The van der Waals surface area contributed by atoms with Gasteiger partial charge in [-0.05, 0) is 70.8 Å². The van der Waals surface area contributed by atoms with Gasteiger partial charge in [0.1, 0.15) is 22.3 Å². The summed E-state index contributed by atoms with van der Waals surface area (Å²) in [5.74, 6) is 0.647. The van der Waals surface area contributed by atoms with Crippen LogP contribution in [0.5, 0.6) is 0 Å². The summed E-state index contributed by atoms with van der Waals surface area (Å²) in [6, 6.07) is 60.6. The van der Waals surface area contributed by atoms with Crippen LogP contribution in [0.4, 0.5) is 0 Å². The minimum Gasteiger partial charge on any atom is -0.455 e. The molecule has 0 aliphatic carbocycles. The lowest BCUT2D eigenvalue weighted by Gasteiger charge is -2.15. The zero-order chi connectivity index (χ0) is 37.0. The molecule has 0 spiro atoms. The van der Waals surface area contributed by atoms with E-state index in [1.165, 1.54) is 0 Å². The topological polar surface area (TPSA) is 65.0 Å². The number of nitrogens with zero attached hydrogens (tertiary/aromatic N) is 3. The lowest BCUT2D eigenvalue weighted by molar-refractivity contribution is 0.670. The first-order chi connectivity index (χ1) is 27.7. The van der Waals surface area contributed by atoms with Crippen LogP contribution in [0.1, 0.15) is 0 Å². The van der Waals surface area contributed by atoms with Gasteiger partial charge in [0.15, 0.2) is 5.82 Å². The summed E-state index contributed by atoms with van der Waals surface area (Å²) in [5, 5.41) is 4.34. The molecule has 4 aromatic heterocycles. The van der Waals surface area contributed by atoms with Crippen molar-refractivity contribution in [1.29, 1.82) is 0 Å². The highest BCUT2D eigenvalue weighted by atomic mass is 16.3. The van der Waals surface area contributed by atoms with Crippen molar-refractivity contribution in [2.75, 3.05) is 0 Å². The van der Waals surface area contributed by atoms with E-state index in [1.807, 2.05) is 67.0 Å². The molecule has 0 bridgehead atoms. The van der Waals surface area contributed by atoms with Gasteiger partial charge in [-0.3, -0.25) is 4.98 Å². The maximum atomic E-state index is 6.60. The molecule has 4 heterocycles. The first-order valence-electron chi connectivity index (χ1n) is 18.7. The Kier molecular flexibility index (Phi) is 7.42. The summed E-state index contributed by atoms with van der Waals surface area (Å²) < 4.78 is 13.2. The monoisotopic (exact) mass is 717 g/mol. The Labute approximate surface area is 322 Å². The van der Waals surface area contributed by atoms with Crippen molar-refractivity contribution in [3.05, 3.63) is 188 Å². The number of rotatable bonds is 6. The molecular weight excluding hydrogens is 687 g/mol. The summed E-state index contributed by atoms with van der Waals surface area (Å²) in [6.07, 6.45) is 3.65. The third-order valence-electron chi connectivity index (χ3n) is 10.6. The van der Waals surface area contributed by atoms with Gasteiger partial charge in [0.05, 0.1) is 11.4 Å². The third-order valence-corrected chi connectivity index (χ3v) is 10.6. The minimum absolute atomic E-state index is 0.647. The molecule has 0 N–H and O–H groups in total. The van der Waals surface area contributed by atoms with Crippen LogP contribution >= 0.6 is 0 Å². The van der Waals surface area contributed by atoms with Gasteiger partial charge >= 0.3 is 0 Å². The Morgan fingerprint density at radius 2 is 0.821 bits per heavy atom. The lowest BCUT2D eigenvalue weighted by atomic mass is 9.92. The fraction of sp³-hybridized carbons (Fsp3) is 0. The summed E-state index contributed by atoms with van der Waals surface area (Å²) >= 11 is 0. The molecule has 11 aromatic rings. The van der Waals surface area contributed by atoms with Crippen molar-refractivity contribution in [2.24, 2.45) is 0 Å². The van der Waals surface area contributed by atoms with Crippen molar-refractivity contribution in [2.45, 2.75) is 0 Å². The fourth-order valence-electron chi connectivity index (χ4n) is 7.97.